The highest BCUT2D eigenvalue weighted by molar-refractivity contribution is 5.81. The summed E-state index contributed by atoms with van der Waals surface area (Å²) in [7, 11) is 1.65. The fraction of sp³-hybridized carbons (Fsp3) is 0.619. The predicted octanol–water partition coefficient (Wildman–Crippen LogP) is 2.72. The number of methoxy groups -OCH3 is 1. The molecular formula is C21H30N2O3. The van der Waals surface area contributed by atoms with Crippen LogP contribution in [0.2, 0.25) is 0 Å². The average Bonchev–Trinajstić information content (AvgIpc) is 3.15. The van der Waals surface area contributed by atoms with Gasteiger partial charge in [0.15, 0.2) is 0 Å². The van der Waals surface area contributed by atoms with E-state index in [2.05, 4.69) is 6.07 Å². The van der Waals surface area contributed by atoms with Crippen molar-refractivity contribution in [3.63, 3.8) is 0 Å². The Labute approximate surface area is 156 Å². The Balaban J connectivity index is 1.58. The quantitative estimate of drug-likeness (QED) is 0.831. The Hall–Kier alpha value is -2.04. The van der Waals surface area contributed by atoms with Crippen LogP contribution in [-0.2, 0) is 16.0 Å². The number of rotatable bonds is 4. The van der Waals surface area contributed by atoms with E-state index in [1.54, 1.807) is 7.11 Å². The molecule has 3 rings (SSSR count). The molecule has 5 heteroatoms. The third kappa shape index (κ3) is 4.02. The summed E-state index contributed by atoms with van der Waals surface area (Å²) in [5.41, 5.74) is 3.14. The highest BCUT2D eigenvalue weighted by Gasteiger charge is 2.30. The van der Waals surface area contributed by atoms with Crippen molar-refractivity contribution in [2.75, 3.05) is 33.3 Å². The minimum absolute atomic E-state index is 0.112. The normalized spacial score (nSPS) is 18.3. The van der Waals surface area contributed by atoms with Crippen LogP contribution < -0.4 is 4.74 Å². The summed E-state index contributed by atoms with van der Waals surface area (Å²) < 4.78 is 5.50. The number of carbonyl (C=O) groups excluding carboxylic acids is 2. The van der Waals surface area contributed by atoms with Crippen LogP contribution in [0, 0.1) is 19.8 Å². The molecule has 142 valence electrons. The first-order chi connectivity index (χ1) is 12.5. The van der Waals surface area contributed by atoms with Gasteiger partial charge in [-0.2, -0.15) is 0 Å². The van der Waals surface area contributed by atoms with Crippen molar-refractivity contribution in [1.82, 2.24) is 9.80 Å². The second-order valence-corrected chi connectivity index (χ2v) is 7.64. The second kappa shape index (κ2) is 8.11. The van der Waals surface area contributed by atoms with Crippen LogP contribution in [0.1, 0.15) is 42.4 Å². The molecular weight excluding hydrogens is 328 g/mol. The summed E-state index contributed by atoms with van der Waals surface area (Å²) in [5.74, 6) is 1.43. The Kier molecular flexibility index (Phi) is 5.84. The fourth-order valence-corrected chi connectivity index (χ4v) is 4.35. The molecule has 26 heavy (non-hydrogen) atoms. The lowest BCUT2D eigenvalue weighted by Crippen LogP contribution is -2.52. The lowest BCUT2D eigenvalue weighted by atomic mass is 10.0. The van der Waals surface area contributed by atoms with E-state index >= 15 is 0 Å². The van der Waals surface area contributed by atoms with Crippen LogP contribution in [0.15, 0.2) is 12.1 Å². The van der Waals surface area contributed by atoms with E-state index in [4.69, 9.17) is 4.74 Å². The van der Waals surface area contributed by atoms with E-state index in [9.17, 15) is 9.59 Å². The number of hydrogen-bond donors (Lipinski definition) is 0. The SMILES string of the molecule is COc1c(C)cc(C)cc1CC(=O)N1CCN(C(=O)C2CCCC2)CC1. The largest absolute Gasteiger partial charge is 0.496 e. The van der Waals surface area contributed by atoms with Gasteiger partial charge in [0.2, 0.25) is 11.8 Å². The number of ether oxygens (including phenoxy) is 1. The number of piperazine rings is 1. The van der Waals surface area contributed by atoms with E-state index in [0.29, 0.717) is 38.5 Å². The molecule has 1 aromatic rings. The van der Waals surface area contributed by atoms with Gasteiger partial charge in [-0.15, -0.1) is 0 Å². The molecule has 2 amide bonds. The van der Waals surface area contributed by atoms with E-state index in [1.807, 2.05) is 29.7 Å². The summed E-state index contributed by atoms with van der Waals surface area (Å²) in [6.45, 7) is 6.62. The molecule has 1 heterocycles. The van der Waals surface area contributed by atoms with Gasteiger partial charge in [0.25, 0.3) is 0 Å². The van der Waals surface area contributed by atoms with Crippen molar-refractivity contribution in [3.8, 4) is 5.75 Å². The van der Waals surface area contributed by atoms with Gasteiger partial charge in [-0.3, -0.25) is 9.59 Å². The van der Waals surface area contributed by atoms with Gasteiger partial charge in [0, 0.05) is 37.7 Å². The van der Waals surface area contributed by atoms with E-state index < -0.39 is 0 Å². The smallest absolute Gasteiger partial charge is 0.227 e. The zero-order valence-electron chi connectivity index (χ0n) is 16.2. The maximum atomic E-state index is 12.8. The summed E-state index contributed by atoms with van der Waals surface area (Å²) in [5, 5.41) is 0. The first kappa shape index (κ1) is 18.7. The fourth-order valence-electron chi connectivity index (χ4n) is 4.35. The van der Waals surface area contributed by atoms with E-state index in [-0.39, 0.29) is 11.8 Å². The van der Waals surface area contributed by atoms with Crippen molar-refractivity contribution in [1.29, 1.82) is 0 Å². The molecule has 0 unspecified atom stereocenters. The highest BCUT2D eigenvalue weighted by atomic mass is 16.5. The maximum absolute atomic E-state index is 12.8. The summed E-state index contributed by atoms with van der Waals surface area (Å²) in [6, 6.07) is 4.10. The summed E-state index contributed by atoms with van der Waals surface area (Å²) >= 11 is 0. The van der Waals surface area contributed by atoms with Crippen LogP contribution in [0.25, 0.3) is 0 Å². The summed E-state index contributed by atoms with van der Waals surface area (Å²) in [6.07, 6.45) is 4.76. The molecule has 2 aliphatic rings. The van der Waals surface area contributed by atoms with Crippen LogP contribution >= 0.6 is 0 Å². The number of amides is 2. The van der Waals surface area contributed by atoms with E-state index in [1.165, 1.54) is 12.8 Å². The molecule has 1 saturated carbocycles. The number of hydrogen-bond acceptors (Lipinski definition) is 3. The van der Waals surface area contributed by atoms with Gasteiger partial charge in [-0.25, -0.2) is 0 Å². The standard InChI is InChI=1S/C21H30N2O3/c1-15-12-16(2)20(26-3)18(13-15)14-19(24)22-8-10-23(11-9-22)21(25)17-6-4-5-7-17/h12-13,17H,4-11,14H2,1-3H3. The van der Waals surface area contributed by atoms with Gasteiger partial charge < -0.3 is 14.5 Å². The lowest BCUT2D eigenvalue weighted by molar-refractivity contribution is -0.141. The third-order valence-corrected chi connectivity index (χ3v) is 5.69. The Bertz CT molecular complexity index is 672. The van der Waals surface area contributed by atoms with Gasteiger partial charge in [0.1, 0.15) is 5.75 Å². The zero-order valence-corrected chi connectivity index (χ0v) is 16.2. The van der Waals surface area contributed by atoms with Crippen molar-refractivity contribution < 1.29 is 14.3 Å². The Morgan fingerprint density at radius 3 is 2.27 bits per heavy atom. The van der Waals surface area contributed by atoms with Crippen molar-refractivity contribution in [3.05, 3.63) is 28.8 Å². The van der Waals surface area contributed by atoms with Crippen molar-refractivity contribution >= 4 is 11.8 Å². The topological polar surface area (TPSA) is 49.9 Å². The number of carbonyl (C=O) groups is 2. The van der Waals surface area contributed by atoms with Gasteiger partial charge >= 0.3 is 0 Å². The first-order valence-electron chi connectivity index (χ1n) is 9.70. The Morgan fingerprint density at radius 1 is 1.04 bits per heavy atom. The van der Waals surface area contributed by atoms with E-state index in [0.717, 1.165) is 35.3 Å². The highest BCUT2D eigenvalue weighted by Crippen LogP contribution is 2.28. The van der Waals surface area contributed by atoms with Crippen LogP contribution in [-0.4, -0.2) is 54.9 Å². The van der Waals surface area contributed by atoms with Gasteiger partial charge in [0.05, 0.1) is 13.5 Å². The molecule has 1 saturated heterocycles. The third-order valence-electron chi connectivity index (χ3n) is 5.69. The number of aryl methyl sites for hydroxylation is 2. The average molecular weight is 358 g/mol. The molecule has 0 N–H and O–H groups in total. The van der Waals surface area contributed by atoms with Gasteiger partial charge in [-0.05, 0) is 32.3 Å². The lowest BCUT2D eigenvalue weighted by Gasteiger charge is -2.36. The summed E-state index contributed by atoms with van der Waals surface area (Å²) in [4.78, 5) is 29.1. The van der Waals surface area contributed by atoms with Crippen LogP contribution in [0.3, 0.4) is 0 Å². The molecule has 5 nitrogen and oxygen atoms in total. The molecule has 0 aromatic heterocycles. The maximum Gasteiger partial charge on any atom is 0.227 e. The predicted molar refractivity (Wildman–Crippen MR) is 101 cm³/mol. The van der Waals surface area contributed by atoms with Gasteiger partial charge in [-0.1, -0.05) is 30.5 Å². The minimum Gasteiger partial charge on any atom is -0.496 e. The molecule has 2 fully saturated rings. The molecule has 0 spiro atoms. The molecule has 1 aliphatic carbocycles. The Morgan fingerprint density at radius 2 is 1.65 bits per heavy atom. The van der Waals surface area contributed by atoms with Crippen molar-refractivity contribution in [2.45, 2.75) is 46.0 Å². The molecule has 0 radical (unpaired) electrons. The number of nitrogens with zero attached hydrogens (tertiary/aromatic N) is 2. The minimum atomic E-state index is 0.112. The van der Waals surface area contributed by atoms with Crippen LogP contribution in [0.5, 0.6) is 5.75 Å². The monoisotopic (exact) mass is 358 g/mol. The first-order valence-corrected chi connectivity index (χ1v) is 9.70. The zero-order chi connectivity index (χ0) is 18.7. The molecule has 1 aromatic carbocycles. The molecule has 0 atom stereocenters. The second-order valence-electron chi connectivity index (χ2n) is 7.64. The van der Waals surface area contributed by atoms with Crippen LogP contribution in [0.4, 0.5) is 0 Å². The molecule has 1 aliphatic heterocycles. The molecule has 0 bridgehead atoms. The van der Waals surface area contributed by atoms with Crippen molar-refractivity contribution in [2.24, 2.45) is 5.92 Å². The number of benzene rings is 1.